The first-order valence-electron chi connectivity index (χ1n) is 5.28. The number of nitrogens with zero attached hydrogens (tertiary/aromatic N) is 1. The summed E-state index contributed by atoms with van der Waals surface area (Å²) in [6.45, 7) is 2.06. The lowest BCUT2D eigenvalue weighted by molar-refractivity contribution is 0.881. The molecular weight excluding hydrogens is 255 g/mol. The van der Waals surface area contributed by atoms with Crippen LogP contribution in [0.5, 0.6) is 0 Å². The molecule has 0 aliphatic rings. The van der Waals surface area contributed by atoms with Crippen molar-refractivity contribution in [3.05, 3.63) is 58.3 Å². The van der Waals surface area contributed by atoms with Crippen LogP contribution in [-0.2, 0) is 0 Å². The molecule has 1 unspecified atom stereocenters. The van der Waals surface area contributed by atoms with E-state index in [-0.39, 0.29) is 6.04 Å². The molecular formula is C13H12Cl2N2. The van der Waals surface area contributed by atoms with Crippen molar-refractivity contribution in [1.82, 2.24) is 4.98 Å². The molecule has 4 heteroatoms. The molecule has 1 atom stereocenters. The molecule has 2 rings (SSSR count). The Labute approximate surface area is 111 Å². The molecule has 2 nitrogen and oxygen atoms in total. The standard InChI is InChI=1S/C13H12Cl2N2/c1-9(10-4-6-16-7-5-10)17-13-8-11(14)2-3-12(13)15/h2-9,17H,1H3. The zero-order valence-corrected chi connectivity index (χ0v) is 10.8. The van der Waals surface area contributed by atoms with Crippen molar-refractivity contribution >= 4 is 28.9 Å². The van der Waals surface area contributed by atoms with Crippen molar-refractivity contribution in [3.63, 3.8) is 0 Å². The lowest BCUT2D eigenvalue weighted by atomic mass is 10.1. The molecule has 1 heterocycles. The van der Waals surface area contributed by atoms with Crippen molar-refractivity contribution in [3.8, 4) is 0 Å². The van der Waals surface area contributed by atoms with Gasteiger partial charge in [0.05, 0.1) is 10.7 Å². The highest BCUT2D eigenvalue weighted by Crippen LogP contribution is 2.28. The zero-order chi connectivity index (χ0) is 12.3. The van der Waals surface area contributed by atoms with Crippen molar-refractivity contribution in [2.45, 2.75) is 13.0 Å². The second kappa shape index (κ2) is 5.39. The number of hydrogen-bond acceptors (Lipinski definition) is 2. The Hall–Kier alpha value is -1.25. The number of benzene rings is 1. The minimum Gasteiger partial charge on any atom is -0.377 e. The summed E-state index contributed by atoms with van der Waals surface area (Å²) in [6, 6.07) is 9.46. The van der Waals surface area contributed by atoms with E-state index >= 15 is 0 Å². The molecule has 88 valence electrons. The van der Waals surface area contributed by atoms with Gasteiger partial charge in [0.25, 0.3) is 0 Å². The van der Waals surface area contributed by atoms with Crippen molar-refractivity contribution in [1.29, 1.82) is 0 Å². The van der Waals surface area contributed by atoms with Crippen LogP contribution < -0.4 is 5.32 Å². The molecule has 0 saturated carbocycles. The third-order valence-corrected chi connectivity index (χ3v) is 3.07. The van der Waals surface area contributed by atoms with Gasteiger partial charge < -0.3 is 5.32 Å². The number of anilines is 1. The van der Waals surface area contributed by atoms with E-state index in [0.717, 1.165) is 11.3 Å². The van der Waals surface area contributed by atoms with Crippen LogP contribution in [0.25, 0.3) is 0 Å². The van der Waals surface area contributed by atoms with Crippen LogP contribution in [0.1, 0.15) is 18.5 Å². The Balaban J connectivity index is 2.18. The van der Waals surface area contributed by atoms with E-state index < -0.39 is 0 Å². The van der Waals surface area contributed by atoms with Crippen LogP contribution in [0.4, 0.5) is 5.69 Å². The Morgan fingerprint density at radius 1 is 1.12 bits per heavy atom. The predicted octanol–water partition coefficient (Wildman–Crippen LogP) is 4.56. The molecule has 0 spiro atoms. The van der Waals surface area contributed by atoms with Crippen LogP contribution in [0, 0.1) is 0 Å². The first-order chi connectivity index (χ1) is 8.16. The van der Waals surface area contributed by atoms with Crippen LogP contribution >= 0.6 is 23.2 Å². The van der Waals surface area contributed by atoms with E-state index in [9.17, 15) is 0 Å². The molecule has 0 amide bonds. The van der Waals surface area contributed by atoms with Gasteiger partial charge in [-0.3, -0.25) is 4.98 Å². The van der Waals surface area contributed by atoms with Gasteiger partial charge in [-0.15, -0.1) is 0 Å². The first kappa shape index (κ1) is 12.2. The van der Waals surface area contributed by atoms with Crippen molar-refractivity contribution in [2.24, 2.45) is 0 Å². The lowest BCUT2D eigenvalue weighted by Gasteiger charge is -2.16. The summed E-state index contributed by atoms with van der Waals surface area (Å²) in [5.41, 5.74) is 1.99. The highest BCUT2D eigenvalue weighted by molar-refractivity contribution is 6.35. The number of nitrogens with one attached hydrogen (secondary N) is 1. The average molecular weight is 267 g/mol. The summed E-state index contributed by atoms with van der Waals surface area (Å²) in [6.07, 6.45) is 3.54. The molecule has 0 saturated heterocycles. The number of aromatic nitrogens is 1. The zero-order valence-electron chi connectivity index (χ0n) is 9.32. The fraction of sp³-hybridized carbons (Fsp3) is 0.154. The largest absolute Gasteiger partial charge is 0.377 e. The highest BCUT2D eigenvalue weighted by atomic mass is 35.5. The van der Waals surface area contributed by atoms with Gasteiger partial charge in [0.15, 0.2) is 0 Å². The summed E-state index contributed by atoms with van der Waals surface area (Å²) in [7, 11) is 0. The molecule has 0 fully saturated rings. The van der Waals surface area contributed by atoms with Gasteiger partial charge in [-0.1, -0.05) is 23.2 Å². The van der Waals surface area contributed by atoms with Gasteiger partial charge in [0, 0.05) is 23.5 Å². The second-order valence-electron chi connectivity index (χ2n) is 3.77. The van der Waals surface area contributed by atoms with E-state index in [2.05, 4.69) is 17.2 Å². The summed E-state index contributed by atoms with van der Waals surface area (Å²) in [5.74, 6) is 0. The maximum absolute atomic E-state index is 6.09. The predicted molar refractivity (Wildman–Crippen MR) is 72.7 cm³/mol. The fourth-order valence-electron chi connectivity index (χ4n) is 1.58. The third-order valence-electron chi connectivity index (χ3n) is 2.51. The molecule has 1 aromatic carbocycles. The summed E-state index contributed by atoms with van der Waals surface area (Å²) < 4.78 is 0. The average Bonchev–Trinajstić information content (AvgIpc) is 2.35. The highest BCUT2D eigenvalue weighted by Gasteiger charge is 2.07. The van der Waals surface area contributed by atoms with E-state index in [0.29, 0.717) is 10.0 Å². The summed E-state index contributed by atoms with van der Waals surface area (Å²) >= 11 is 12.0. The number of rotatable bonds is 3. The summed E-state index contributed by atoms with van der Waals surface area (Å²) in [4.78, 5) is 3.99. The maximum atomic E-state index is 6.09. The van der Waals surface area contributed by atoms with E-state index in [1.165, 1.54) is 0 Å². The number of pyridine rings is 1. The Morgan fingerprint density at radius 3 is 2.53 bits per heavy atom. The van der Waals surface area contributed by atoms with Gasteiger partial charge in [-0.2, -0.15) is 0 Å². The van der Waals surface area contributed by atoms with Crippen LogP contribution in [-0.4, -0.2) is 4.98 Å². The normalized spacial score (nSPS) is 12.2. The van der Waals surface area contributed by atoms with Gasteiger partial charge in [-0.25, -0.2) is 0 Å². The van der Waals surface area contributed by atoms with Crippen LogP contribution in [0.2, 0.25) is 10.0 Å². The molecule has 0 bridgehead atoms. The van der Waals surface area contributed by atoms with Gasteiger partial charge >= 0.3 is 0 Å². The molecule has 2 aromatic rings. The van der Waals surface area contributed by atoms with Crippen molar-refractivity contribution in [2.75, 3.05) is 5.32 Å². The van der Waals surface area contributed by atoms with Gasteiger partial charge in [0.2, 0.25) is 0 Å². The quantitative estimate of drug-likeness (QED) is 0.881. The second-order valence-corrected chi connectivity index (χ2v) is 4.61. The Morgan fingerprint density at radius 2 is 1.82 bits per heavy atom. The van der Waals surface area contributed by atoms with Crippen LogP contribution in [0.15, 0.2) is 42.7 Å². The number of hydrogen-bond donors (Lipinski definition) is 1. The Kier molecular flexibility index (Phi) is 3.87. The van der Waals surface area contributed by atoms with E-state index in [1.54, 1.807) is 24.5 Å². The molecule has 0 aliphatic carbocycles. The van der Waals surface area contributed by atoms with Crippen LogP contribution in [0.3, 0.4) is 0 Å². The smallest absolute Gasteiger partial charge is 0.0638 e. The lowest BCUT2D eigenvalue weighted by Crippen LogP contribution is -2.06. The topological polar surface area (TPSA) is 24.9 Å². The monoisotopic (exact) mass is 266 g/mol. The fourth-order valence-corrected chi connectivity index (χ4v) is 1.92. The van der Waals surface area contributed by atoms with Gasteiger partial charge in [-0.05, 0) is 42.8 Å². The molecule has 1 aromatic heterocycles. The van der Waals surface area contributed by atoms with E-state index in [4.69, 9.17) is 23.2 Å². The van der Waals surface area contributed by atoms with Crippen molar-refractivity contribution < 1.29 is 0 Å². The maximum Gasteiger partial charge on any atom is 0.0638 e. The molecule has 1 N–H and O–H groups in total. The van der Waals surface area contributed by atoms with Gasteiger partial charge in [0.1, 0.15) is 0 Å². The van der Waals surface area contributed by atoms with E-state index in [1.807, 2.05) is 18.2 Å². The number of halogens is 2. The molecule has 17 heavy (non-hydrogen) atoms. The Bertz CT molecular complexity index is 500. The minimum absolute atomic E-state index is 0.147. The first-order valence-corrected chi connectivity index (χ1v) is 6.04. The SMILES string of the molecule is CC(Nc1cc(Cl)ccc1Cl)c1ccncc1. The summed E-state index contributed by atoms with van der Waals surface area (Å²) in [5, 5.41) is 4.65. The third kappa shape index (κ3) is 3.11. The minimum atomic E-state index is 0.147. The molecule has 0 aliphatic heterocycles. The molecule has 0 radical (unpaired) electrons.